The molecule has 3 nitrogen and oxygen atoms in total. The molecule has 0 unspecified atom stereocenters. The van der Waals surface area contributed by atoms with E-state index in [4.69, 9.17) is 0 Å². The highest BCUT2D eigenvalue weighted by Gasteiger charge is 2.45. The van der Waals surface area contributed by atoms with Crippen LogP contribution in [0.4, 0.5) is 5.82 Å². The fourth-order valence-corrected chi connectivity index (χ4v) is 2.83. The summed E-state index contributed by atoms with van der Waals surface area (Å²) in [4.78, 5) is 9.09. The Morgan fingerprint density at radius 1 is 1.39 bits per heavy atom. The first kappa shape index (κ1) is 12.4. The molecule has 2 aliphatic rings. The molecule has 0 saturated heterocycles. The SMILES string of the molecule is CC(C)C1(CNc2cc(Br)nc(C3CC3)n2)CC1. The van der Waals surface area contributed by atoms with Crippen LogP contribution in [0.15, 0.2) is 10.7 Å². The molecule has 0 spiro atoms. The van der Waals surface area contributed by atoms with Crippen LogP contribution in [0, 0.1) is 11.3 Å². The molecule has 1 heterocycles. The van der Waals surface area contributed by atoms with Crippen LogP contribution < -0.4 is 5.32 Å². The van der Waals surface area contributed by atoms with Crippen molar-refractivity contribution < 1.29 is 0 Å². The van der Waals surface area contributed by atoms with Gasteiger partial charge in [0.05, 0.1) is 0 Å². The Hall–Kier alpha value is -0.640. The lowest BCUT2D eigenvalue weighted by Crippen LogP contribution is -2.21. The van der Waals surface area contributed by atoms with Crippen molar-refractivity contribution in [1.29, 1.82) is 0 Å². The van der Waals surface area contributed by atoms with Crippen LogP contribution in [-0.4, -0.2) is 16.5 Å². The molecule has 0 aromatic carbocycles. The van der Waals surface area contributed by atoms with E-state index in [-0.39, 0.29) is 0 Å². The van der Waals surface area contributed by atoms with E-state index in [9.17, 15) is 0 Å². The van der Waals surface area contributed by atoms with E-state index in [2.05, 4.69) is 45.1 Å². The minimum absolute atomic E-state index is 0.511. The number of aromatic nitrogens is 2. The van der Waals surface area contributed by atoms with Gasteiger partial charge in [-0.05, 0) is 52.9 Å². The van der Waals surface area contributed by atoms with Crippen LogP contribution in [0.25, 0.3) is 0 Å². The topological polar surface area (TPSA) is 37.8 Å². The highest BCUT2D eigenvalue weighted by Crippen LogP contribution is 2.51. The molecule has 0 atom stereocenters. The van der Waals surface area contributed by atoms with Gasteiger partial charge in [-0.15, -0.1) is 0 Å². The summed E-state index contributed by atoms with van der Waals surface area (Å²) >= 11 is 3.48. The van der Waals surface area contributed by atoms with Crippen molar-refractivity contribution >= 4 is 21.7 Å². The second-order valence-electron chi connectivity index (χ2n) is 6.08. The van der Waals surface area contributed by atoms with Gasteiger partial charge in [-0.2, -0.15) is 0 Å². The van der Waals surface area contributed by atoms with Gasteiger partial charge in [-0.1, -0.05) is 13.8 Å². The maximum Gasteiger partial charge on any atom is 0.135 e. The number of hydrogen-bond donors (Lipinski definition) is 1. The van der Waals surface area contributed by atoms with E-state index in [1.165, 1.54) is 25.7 Å². The number of nitrogens with one attached hydrogen (secondary N) is 1. The van der Waals surface area contributed by atoms with Crippen LogP contribution in [-0.2, 0) is 0 Å². The highest BCUT2D eigenvalue weighted by molar-refractivity contribution is 9.10. The number of hydrogen-bond acceptors (Lipinski definition) is 3. The minimum atomic E-state index is 0.511. The van der Waals surface area contributed by atoms with Gasteiger partial charge in [0.1, 0.15) is 16.2 Å². The Labute approximate surface area is 117 Å². The summed E-state index contributed by atoms with van der Waals surface area (Å²) in [6.45, 7) is 5.68. The molecule has 2 aliphatic carbocycles. The Morgan fingerprint density at radius 2 is 2.11 bits per heavy atom. The summed E-state index contributed by atoms with van der Waals surface area (Å²) in [5, 5.41) is 3.51. The maximum atomic E-state index is 4.63. The van der Waals surface area contributed by atoms with Crippen molar-refractivity contribution in [2.24, 2.45) is 11.3 Å². The van der Waals surface area contributed by atoms with Crippen molar-refractivity contribution in [1.82, 2.24) is 9.97 Å². The van der Waals surface area contributed by atoms with Crippen molar-refractivity contribution in [3.63, 3.8) is 0 Å². The molecule has 0 bridgehead atoms. The third-order valence-corrected chi connectivity index (χ3v) is 4.80. The van der Waals surface area contributed by atoms with E-state index in [1.807, 2.05) is 6.07 Å². The van der Waals surface area contributed by atoms with Crippen molar-refractivity contribution in [3.05, 3.63) is 16.5 Å². The predicted octanol–water partition coefficient (Wildman–Crippen LogP) is 3.96. The number of nitrogens with zero attached hydrogens (tertiary/aromatic N) is 2. The zero-order valence-electron chi connectivity index (χ0n) is 11.0. The lowest BCUT2D eigenvalue weighted by Gasteiger charge is -2.20. The predicted molar refractivity (Wildman–Crippen MR) is 76.7 cm³/mol. The second-order valence-corrected chi connectivity index (χ2v) is 6.89. The third kappa shape index (κ3) is 2.53. The van der Waals surface area contributed by atoms with Crippen LogP contribution in [0.3, 0.4) is 0 Å². The number of halogens is 1. The summed E-state index contributed by atoms with van der Waals surface area (Å²) in [6, 6.07) is 1.99. The molecule has 1 aromatic heterocycles. The quantitative estimate of drug-likeness (QED) is 0.836. The summed E-state index contributed by atoms with van der Waals surface area (Å²) in [5.41, 5.74) is 0.511. The minimum Gasteiger partial charge on any atom is -0.369 e. The van der Waals surface area contributed by atoms with Crippen molar-refractivity contribution in [3.8, 4) is 0 Å². The molecule has 98 valence electrons. The second kappa shape index (κ2) is 4.48. The van der Waals surface area contributed by atoms with Gasteiger partial charge in [-0.3, -0.25) is 0 Å². The fraction of sp³-hybridized carbons (Fsp3) is 0.714. The first-order chi connectivity index (χ1) is 8.59. The first-order valence-corrected chi connectivity index (χ1v) is 7.67. The first-order valence-electron chi connectivity index (χ1n) is 6.87. The summed E-state index contributed by atoms with van der Waals surface area (Å²) < 4.78 is 0.899. The van der Waals surface area contributed by atoms with Crippen LogP contribution >= 0.6 is 15.9 Å². The fourth-order valence-electron chi connectivity index (χ4n) is 2.44. The molecule has 2 fully saturated rings. The zero-order valence-corrected chi connectivity index (χ0v) is 12.6. The Bertz CT molecular complexity index is 450. The summed E-state index contributed by atoms with van der Waals surface area (Å²) in [5.74, 6) is 3.33. The molecule has 0 radical (unpaired) electrons. The van der Waals surface area contributed by atoms with Crippen molar-refractivity contribution in [2.45, 2.75) is 45.4 Å². The average molecular weight is 310 g/mol. The van der Waals surface area contributed by atoms with E-state index in [0.29, 0.717) is 11.3 Å². The summed E-state index contributed by atoms with van der Waals surface area (Å²) in [6.07, 6.45) is 5.18. The zero-order chi connectivity index (χ0) is 12.8. The molecule has 2 saturated carbocycles. The number of rotatable bonds is 5. The molecule has 1 aromatic rings. The molecule has 0 aliphatic heterocycles. The molecular weight excluding hydrogens is 290 g/mol. The third-order valence-electron chi connectivity index (χ3n) is 4.39. The Balaban J connectivity index is 1.69. The molecular formula is C14H20BrN3. The molecule has 18 heavy (non-hydrogen) atoms. The van der Waals surface area contributed by atoms with Gasteiger partial charge in [0, 0.05) is 18.5 Å². The van der Waals surface area contributed by atoms with E-state index < -0.39 is 0 Å². The van der Waals surface area contributed by atoms with Gasteiger partial charge >= 0.3 is 0 Å². The van der Waals surface area contributed by atoms with Gasteiger partial charge in [0.25, 0.3) is 0 Å². The van der Waals surface area contributed by atoms with Gasteiger partial charge in [0.15, 0.2) is 0 Å². The van der Waals surface area contributed by atoms with Gasteiger partial charge in [-0.25, -0.2) is 9.97 Å². The standard InChI is InChI=1S/C14H20BrN3/c1-9(2)14(5-6-14)8-16-12-7-11(15)17-13(18-12)10-3-4-10/h7,9-10H,3-6,8H2,1-2H3,(H,16,17,18). The van der Waals surface area contributed by atoms with Gasteiger partial charge in [0.2, 0.25) is 0 Å². The normalized spacial score (nSPS) is 21.1. The molecule has 4 heteroatoms. The van der Waals surface area contributed by atoms with Gasteiger partial charge < -0.3 is 5.32 Å². The van der Waals surface area contributed by atoms with Crippen LogP contribution in [0.5, 0.6) is 0 Å². The molecule has 1 N–H and O–H groups in total. The highest BCUT2D eigenvalue weighted by atomic mass is 79.9. The van der Waals surface area contributed by atoms with E-state index >= 15 is 0 Å². The monoisotopic (exact) mass is 309 g/mol. The lowest BCUT2D eigenvalue weighted by molar-refractivity contribution is 0.380. The molecule has 3 rings (SSSR count). The van der Waals surface area contributed by atoms with E-state index in [1.54, 1.807) is 0 Å². The average Bonchev–Trinajstić information content (AvgIpc) is 3.18. The Morgan fingerprint density at radius 3 is 2.67 bits per heavy atom. The smallest absolute Gasteiger partial charge is 0.135 e. The largest absolute Gasteiger partial charge is 0.369 e. The van der Waals surface area contributed by atoms with E-state index in [0.717, 1.165) is 28.7 Å². The Kier molecular flexibility index (Phi) is 3.08. The van der Waals surface area contributed by atoms with Crippen molar-refractivity contribution in [2.75, 3.05) is 11.9 Å². The lowest BCUT2D eigenvalue weighted by atomic mass is 9.92. The van der Waals surface area contributed by atoms with Crippen LogP contribution in [0.1, 0.15) is 51.3 Å². The maximum absolute atomic E-state index is 4.63. The summed E-state index contributed by atoms with van der Waals surface area (Å²) in [7, 11) is 0. The van der Waals surface area contributed by atoms with Crippen LogP contribution in [0.2, 0.25) is 0 Å². The number of anilines is 1. The molecule has 0 amide bonds.